The molecular formula is C12H20N2O2. The molecule has 4 nitrogen and oxygen atoms in total. The quantitative estimate of drug-likeness (QED) is 0.798. The molecule has 4 heteroatoms. The third kappa shape index (κ3) is 3.10. The summed E-state index contributed by atoms with van der Waals surface area (Å²) in [7, 11) is 0. The molecule has 0 radical (unpaired) electrons. The number of furan rings is 1. The first kappa shape index (κ1) is 12.8. The maximum absolute atomic E-state index is 12.1. The second-order valence-electron chi connectivity index (χ2n) is 3.77. The van der Waals surface area contributed by atoms with Gasteiger partial charge in [0.25, 0.3) is 0 Å². The van der Waals surface area contributed by atoms with E-state index >= 15 is 0 Å². The van der Waals surface area contributed by atoms with Gasteiger partial charge >= 0.3 is 0 Å². The average Bonchev–Trinajstić information content (AvgIpc) is 2.80. The Labute approximate surface area is 96.4 Å². The highest BCUT2D eigenvalue weighted by Crippen LogP contribution is 2.11. The van der Waals surface area contributed by atoms with Crippen molar-refractivity contribution in [2.24, 2.45) is 11.7 Å². The number of nitrogens with zero attached hydrogens (tertiary/aromatic N) is 1. The Bertz CT molecular complexity index is 305. The molecule has 1 aromatic rings. The second-order valence-corrected chi connectivity index (χ2v) is 3.77. The van der Waals surface area contributed by atoms with Crippen molar-refractivity contribution < 1.29 is 9.21 Å². The zero-order valence-electron chi connectivity index (χ0n) is 9.98. The molecule has 0 spiro atoms. The summed E-state index contributed by atoms with van der Waals surface area (Å²) in [5, 5.41) is 0. The van der Waals surface area contributed by atoms with Crippen molar-refractivity contribution >= 4 is 5.91 Å². The van der Waals surface area contributed by atoms with E-state index < -0.39 is 0 Å². The van der Waals surface area contributed by atoms with E-state index in [0.29, 0.717) is 19.6 Å². The second kappa shape index (κ2) is 6.33. The molecule has 0 aliphatic rings. The number of carbonyl (C=O) groups excluding carboxylic acids is 1. The zero-order valence-corrected chi connectivity index (χ0v) is 9.98. The molecule has 2 N–H and O–H groups in total. The minimum absolute atomic E-state index is 0.0742. The lowest BCUT2D eigenvalue weighted by Crippen LogP contribution is -2.38. The van der Waals surface area contributed by atoms with E-state index in [0.717, 1.165) is 12.2 Å². The lowest BCUT2D eigenvalue weighted by molar-refractivity contribution is -0.136. The van der Waals surface area contributed by atoms with E-state index in [1.807, 2.05) is 26.0 Å². The summed E-state index contributed by atoms with van der Waals surface area (Å²) in [5.74, 6) is 0.848. The Morgan fingerprint density at radius 1 is 1.56 bits per heavy atom. The van der Waals surface area contributed by atoms with Crippen molar-refractivity contribution in [3.8, 4) is 0 Å². The Kier molecular flexibility index (Phi) is 5.05. The van der Waals surface area contributed by atoms with Gasteiger partial charge in [-0.2, -0.15) is 0 Å². The van der Waals surface area contributed by atoms with Crippen LogP contribution in [0.3, 0.4) is 0 Å². The van der Waals surface area contributed by atoms with E-state index in [9.17, 15) is 4.79 Å². The smallest absolute Gasteiger partial charge is 0.227 e. The molecule has 16 heavy (non-hydrogen) atoms. The molecule has 1 atom stereocenters. The molecule has 1 amide bonds. The number of rotatable bonds is 6. The van der Waals surface area contributed by atoms with Gasteiger partial charge < -0.3 is 15.1 Å². The van der Waals surface area contributed by atoms with Gasteiger partial charge in [-0.15, -0.1) is 0 Å². The van der Waals surface area contributed by atoms with Gasteiger partial charge in [0.15, 0.2) is 0 Å². The molecule has 0 aliphatic heterocycles. The summed E-state index contributed by atoms with van der Waals surface area (Å²) in [6.45, 7) is 5.55. The van der Waals surface area contributed by atoms with Crippen LogP contribution < -0.4 is 5.73 Å². The van der Waals surface area contributed by atoms with Gasteiger partial charge in [-0.05, 0) is 25.5 Å². The highest BCUT2D eigenvalue weighted by Gasteiger charge is 2.21. The highest BCUT2D eigenvalue weighted by atomic mass is 16.3. The minimum atomic E-state index is -0.0742. The third-order valence-corrected chi connectivity index (χ3v) is 2.75. The molecule has 1 aromatic heterocycles. The van der Waals surface area contributed by atoms with Gasteiger partial charge in [0.2, 0.25) is 5.91 Å². The molecule has 1 unspecified atom stereocenters. The number of hydrogen-bond donors (Lipinski definition) is 1. The monoisotopic (exact) mass is 224 g/mol. The molecule has 0 aromatic carbocycles. The molecule has 0 saturated heterocycles. The van der Waals surface area contributed by atoms with Gasteiger partial charge in [-0.1, -0.05) is 6.92 Å². The van der Waals surface area contributed by atoms with Gasteiger partial charge in [0.1, 0.15) is 5.76 Å². The van der Waals surface area contributed by atoms with E-state index in [2.05, 4.69) is 0 Å². The van der Waals surface area contributed by atoms with E-state index in [1.165, 1.54) is 0 Å². The summed E-state index contributed by atoms with van der Waals surface area (Å²) >= 11 is 0. The van der Waals surface area contributed by atoms with E-state index in [-0.39, 0.29) is 11.8 Å². The van der Waals surface area contributed by atoms with Crippen molar-refractivity contribution in [3.63, 3.8) is 0 Å². The fourth-order valence-electron chi connectivity index (χ4n) is 1.64. The summed E-state index contributed by atoms with van der Waals surface area (Å²) in [6, 6.07) is 3.70. The first-order chi connectivity index (χ1) is 7.72. The minimum Gasteiger partial charge on any atom is -0.467 e. The van der Waals surface area contributed by atoms with Gasteiger partial charge in [0.05, 0.1) is 18.7 Å². The Morgan fingerprint density at radius 2 is 2.31 bits per heavy atom. The van der Waals surface area contributed by atoms with Crippen LogP contribution in [-0.2, 0) is 11.3 Å². The van der Waals surface area contributed by atoms with Crippen LogP contribution in [0.2, 0.25) is 0 Å². The zero-order chi connectivity index (χ0) is 12.0. The van der Waals surface area contributed by atoms with Crippen LogP contribution in [0, 0.1) is 5.92 Å². The first-order valence-corrected chi connectivity index (χ1v) is 5.74. The fraction of sp³-hybridized carbons (Fsp3) is 0.583. The third-order valence-electron chi connectivity index (χ3n) is 2.75. The van der Waals surface area contributed by atoms with Crippen molar-refractivity contribution in [1.82, 2.24) is 4.90 Å². The number of amides is 1. The number of hydrogen-bond acceptors (Lipinski definition) is 3. The molecule has 1 rings (SSSR count). The standard InChI is InChI=1S/C12H20N2O2/c1-3-10(8-13)12(15)14(4-2)9-11-6-5-7-16-11/h5-7,10H,3-4,8-9,13H2,1-2H3. The summed E-state index contributed by atoms with van der Waals surface area (Å²) in [5.41, 5.74) is 5.58. The van der Waals surface area contributed by atoms with E-state index in [1.54, 1.807) is 11.2 Å². The van der Waals surface area contributed by atoms with Crippen LogP contribution in [0.1, 0.15) is 26.0 Å². The molecule has 0 aliphatic carbocycles. The van der Waals surface area contributed by atoms with Gasteiger partial charge in [0, 0.05) is 13.1 Å². The molecule has 0 saturated carbocycles. The van der Waals surface area contributed by atoms with Crippen LogP contribution in [0.15, 0.2) is 22.8 Å². The summed E-state index contributed by atoms with van der Waals surface area (Å²) in [4.78, 5) is 13.8. The normalized spacial score (nSPS) is 12.4. The molecule has 90 valence electrons. The first-order valence-electron chi connectivity index (χ1n) is 5.74. The maximum atomic E-state index is 12.1. The molecule has 0 bridgehead atoms. The Morgan fingerprint density at radius 3 is 2.75 bits per heavy atom. The molecule has 0 fully saturated rings. The SMILES string of the molecule is CCC(CN)C(=O)N(CC)Cc1ccco1. The van der Waals surface area contributed by atoms with Crippen LogP contribution in [0.4, 0.5) is 0 Å². The summed E-state index contributed by atoms with van der Waals surface area (Å²) in [6.07, 6.45) is 2.40. The molecule has 1 heterocycles. The number of carbonyl (C=O) groups is 1. The highest BCUT2D eigenvalue weighted by molar-refractivity contribution is 5.78. The van der Waals surface area contributed by atoms with Crippen molar-refractivity contribution in [1.29, 1.82) is 0 Å². The van der Waals surface area contributed by atoms with Gasteiger partial charge in [-0.3, -0.25) is 4.79 Å². The Balaban J connectivity index is 2.63. The topological polar surface area (TPSA) is 59.5 Å². The van der Waals surface area contributed by atoms with E-state index in [4.69, 9.17) is 10.2 Å². The predicted octanol–water partition coefficient (Wildman–Crippen LogP) is 1.61. The van der Waals surface area contributed by atoms with Gasteiger partial charge in [-0.25, -0.2) is 0 Å². The van der Waals surface area contributed by atoms with Crippen LogP contribution in [0.5, 0.6) is 0 Å². The Hall–Kier alpha value is -1.29. The largest absolute Gasteiger partial charge is 0.467 e. The fourth-order valence-corrected chi connectivity index (χ4v) is 1.64. The summed E-state index contributed by atoms with van der Waals surface area (Å²) < 4.78 is 5.24. The van der Waals surface area contributed by atoms with Crippen molar-refractivity contribution in [2.75, 3.05) is 13.1 Å². The lowest BCUT2D eigenvalue weighted by atomic mass is 10.1. The maximum Gasteiger partial charge on any atom is 0.227 e. The predicted molar refractivity (Wildman–Crippen MR) is 62.6 cm³/mol. The van der Waals surface area contributed by atoms with Crippen LogP contribution in [0.25, 0.3) is 0 Å². The number of nitrogens with two attached hydrogens (primary N) is 1. The van der Waals surface area contributed by atoms with Crippen LogP contribution >= 0.6 is 0 Å². The lowest BCUT2D eigenvalue weighted by Gasteiger charge is -2.24. The van der Waals surface area contributed by atoms with Crippen molar-refractivity contribution in [2.45, 2.75) is 26.8 Å². The van der Waals surface area contributed by atoms with Crippen LogP contribution in [-0.4, -0.2) is 23.9 Å². The average molecular weight is 224 g/mol. The molecular weight excluding hydrogens is 204 g/mol. The van der Waals surface area contributed by atoms with Crippen molar-refractivity contribution in [3.05, 3.63) is 24.2 Å².